The van der Waals surface area contributed by atoms with Crippen molar-refractivity contribution in [2.24, 2.45) is 0 Å². The maximum atomic E-state index is 12.8. The Balaban J connectivity index is 2.33. The first kappa shape index (κ1) is 23.0. The second-order valence-electron chi connectivity index (χ2n) is 7.71. The third-order valence-corrected chi connectivity index (χ3v) is 21.2. The molecule has 0 atom stereocenters. The SMILES string of the molecule is CCC[CH2][Sn]([CH2]CCC)([CH2]CCC)[c]1ccoc1C(=O)ON1C(=O)CCC1=O. The monoisotopic (exact) mass is 499 g/mol. The van der Waals surface area contributed by atoms with Crippen molar-refractivity contribution >= 4 is 39.7 Å². The van der Waals surface area contributed by atoms with E-state index in [1.807, 2.05) is 6.07 Å². The van der Waals surface area contributed by atoms with Gasteiger partial charge in [-0.1, -0.05) is 0 Å². The molecular weight excluding hydrogens is 465 g/mol. The van der Waals surface area contributed by atoms with Crippen LogP contribution in [0.2, 0.25) is 13.3 Å². The summed E-state index contributed by atoms with van der Waals surface area (Å²) in [5.74, 6) is -1.44. The molecule has 1 aliphatic rings. The number of carbonyl (C=O) groups is 3. The van der Waals surface area contributed by atoms with Gasteiger partial charge in [-0.05, 0) is 0 Å². The van der Waals surface area contributed by atoms with E-state index >= 15 is 0 Å². The molecule has 6 nitrogen and oxygen atoms in total. The van der Waals surface area contributed by atoms with Crippen LogP contribution in [-0.4, -0.2) is 41.2 Å². The summed E-state index contributed by atoms with van der Waals surface area (Å²) in [6, 6.07) is 1.96. The minimum atomic E-state index is -2.89. The molecule has 0 unspecified atom stereocenters. The average molecular weight is 498 g/mol. The van der Waals surface area contributed by atoms with Crippen molar-refractivity contribution in [1.82, 2.24) is 5.06 Å². The number of hydrogen-bond acceptors (Lipinski definition) is 5. The Hall–Kier alpha value is -1.31. The number of hydroxylamine groups is 2. The van der Waals surface area contributed by atoms with Gasteiger partial charge in [0.25, 0.3) is 0 Å². The molecule has 1 aliphatic heterocycles. The summed E-state index contributed by atoms with van der Waals surface area (Å²) in [5.41, 5.74) is 0. The molecule has 2 heterocycles. The van der Waals surface area contributed by atoms with Gasteiger partial charge in [-0.3, -0.25) is 0 Å². The molecule has 0 spiro atoms. The number of hydrogen-bond donors (Lipinski definition) is 0. The quantitative estimate of drug-likeness (QED) is 0.312. The number of imide groups is 1. The van der Waals surface area contributed by atoms with E-state index in [2.05, 4.69) is 20.8 Å². The summed E-state index contributed by atoms with van der Waals surface area (Å²) in [4.78, 5) is 41.6. The molecule has 156 valence electrons. The van der Waals surface area contributed by atoms with E-state index in [-0.39, 0.29) is 18.6 Å². The van der Waals surface area contributed by atoms with Gasteiger partial charge in [0.2, 0.25) is 0 Å². The van der Waals surface area contributed by atoms with Crippen LogP contribution in [0.5, 0.6) is 0 Å². The topological polar surface area (TPSA) is 76.8 Å². The first-order chi connectivity index (χ1) is 13.5. The Morgan fingerprint density at radius 2 is 1.50 bits per heavy atom. The molecule has 1 saturated heterocycles. The number of amides is 2. The number of nitrogens with zero attached hydrogens (tertiary/aromatic N) is 1. The van der Waals surface area contributed by atoms with Crippen LogP contribution in [-0.2, 0) is 14.4 Å². The maximum absolute atomic E-state index is 12.8. The van der Waals surface area contributed by atoms with E-state index in [0.29, 0.717) is 5.06 Å². The zero-order valence-electron chi connectivity index (χ0n) is 17.4. The Morgan fingerprint density at radius 3 is 1.96 bits per heavy atom. The Labute approximate surface area is 171 Å². The van der Waals surface area contributed by atoms with Crippen molar-refractivity contribution in [3.05, 3.63) is 18.1 Å². The first-order valence-electron chi connectivity index (χ1n) is 10.6. The molecule has 0 aliphatic carbocycles. The molecule has 1 aromatic heterocycles. The minimum absolute atomic E-state index is 0.0871. The van der Waals surface area contributed by atoms with Gasteiger partial charge in [-0.2, -0.15) is 0 Å². The zero-order valence-corrected chi connectivity index (χ0v) is 20.3. The first-order valence-corrected chi connectivity index (χ1v) is 18.1. The standard InChI is InChI=1S/C9H6NO5.3C4H9.Sn/c11-7-3-4-8(12)10(7)15-9(13)6-2-1-5-14-6;3*1-3-4-2;/h1,5H,3-4H2;3*1,3-4H2,2H3;. The van der Waals surface area contributed by atoms with E-state index < -0.39 is 36.2 Å². The van der Waals surface area contributed by atoms with Crippen LogP contribution in [0.15, 0.2) is 16.7 Å². The second kappa shape index (κ2) is 11.0. The molecule has 28 heavy (non-hydrogen) atoms. The number of furan rings is 1. The zero-order chi connectivity index (χ0) is 20.6. The molecule has 0 aromatic carbocycles. The summed E-state index contributed by atoms with van der Waals surface area (Å²) in [6.07, 6.45) is 8.61. The van der Waals surface area contributed by atoms with Crippen molar-refractivity contribution in [3.8, 4) is 0 Å². The van der Waals surface area contributed by atoms with Crippen molar-refractivity contribution in [2.45, 2.75) is 85.4 Å². The normalized spacial score (nSPS) is 14.8. The second-order valence-corrected chi connectivity index (χ2v) is 20.8. The molecule has 0 bridgehead atoms. The molecule has 0 saturated carbocycles. The van der Waals surface area contributed by atoms with Crippen LogP contribution in [0.4, 0.5) is 0 Å². The van der Waals surface area contributed by atoms with Crippen LogP contribution in [0.25, 0.3) is 0 Å². The van der Waals surface area contributed by atoms with Crippen LogP contribution >= 0.6 is 0 Å². The molecule has 0 N–H and O–H groups in total. The Bertz CT molecular complexity index is 646. The fourth-order valence-electron chi connectivity index (χ4n) is 3.99. The van der Waals surface area contributed by atoms with Crippen LogP contribution < -0.4 is 3.58 Å². The van der Waals surface area contributed by atoms with Crippen molar-refractivity contribution in [1.29, 1.82) is 0 Å². The Morgan fingerprint density at radius 1 is 1.00 bits per heavy atom. The summed E-state index contributed by atoms with van der Waals surface area (Å²) in [5, 5.41) is 0.607. The van der Waals surface area contributed by atoms with Crippen LogP contribution in [0.1, 0.15) is 82.7 Å². The van der Waals surface area contributed by atoms with Gasteiger partial charge in [0, 0.05) is 0 Å². The molecular formula is C21H33NO5Sn. The number of unbranched alkanes of at least 4 members (excludes halogenated alkanes) is 3. The van der Waals surface area contributed by atoms with Gasteiger partial charge in [0.05, 0.1) is 0 Å². The van der Waals surface area contributed by atoms with Crippen molar-refractivity contribution in [3.63, 3.8) is 0 Å². The third kappa shape index (κ3) is 5.39. The Kier molecular flexibility index (Phi) is 9.04. The van der Waals surface area contributed by atoms with Crippen molar-refractivity contribution < 1.29 is 23.6 Å². The fraction of sp³-hybridized carbons (Fsp3) is 0.667. The predicted octanol–water partition coefficient (Wildman–Crippen LogP) is 4.56. The molecule has 1 fully saturated rings. The fourth-order valence-corrected chi connectivity index (χ4v) is 20.3. The van der Waals surface area contributed by atoms with E-state index in [1.165, 1.54) is 13.3 Å². The summed E-state index contributed by atoms with van der Waals surface area (Å²) < 4.78 is 10.2. The van der Waals surface area contributed by atoms with Crippen LogP contribution in [0, 0.1) is 0 Å². The summed E-state index contributed by atoms with van der Waals surface area (Å²) in [6.45, 7) is 6.60. The van der Waals surface area contributed by atoms with E-state index in [4.69, 9.17) is 9.25 Å². The van der Waals surface area contributed by atoms with Crippen molar-refractivity contribution in [2.75, 3.05) is 0 Å². The number of rotatable bonds is 12. The average Bonchev–Trinajstić information content (AvgIpc) is 3.31. The van der Waals surface area contributed by atoms with Gasteiger partial charge in [0.1, 0.15) is 0 Å². The summed E-state index contributed by atoms with van der Waals surface area (Å²) in [7, 11) is 0. The molecule has 7 heteroatoms. The predicted molar refractivity (Wildman–Crippen MR) is 110 cm³/mol. The van der Waals surface area contributed by atoms with Gasteiger partial charge < -0.3 is 0 Å². The molecule has 0 radical (unpaired) electrons. The molecule has 2 rings (SSSR count). The van der Waals surface area contributed by atoms with Gasteiger partial charge >= 0.3 is 172 Å². The van der Waals surface area contributed by atoms with E-state index in [0.717, 1.165) is 42.1 Å². The summed E-state index contributed by atoms with van der Waals surface area (Å²) >= 11 is -2.89. The van der Waals surface area contributed by atoms with E-state index in [9.17, 15) is 14.4 Å². The third-order valence-electron chi connectivity index (χ3n) is 5.63. The molecule has 1 aromatic rings. The van der Waals surface area contributed by atoms with Gasteiger partial charge in [0.15, 0.2) is 0 Å². The van der Waals surface area contributed by atoms with Crippen LogP contribution in [0.3, 0.4) is 0 Å². The molecule has 2 amide bonds. The van der Waals surface area contributed by atoms with Gasteiger partial charge in [-0.25, -0.2) is 0 Å². The van der Waals surface area contributed by atoms with Gasteiger partial charge in [-0.15, -0.1) is 0 Å². The van der Waals surface area contributed by atoms with E-state index in [1.54, 1.807) is 6.26 Å². The number of carbonyl (C=O) groups excluding carboxylic acids is 3.